The summed E-state index contributed by atoms with van der Waals surface area (Å²) in [7, 11) is 1.61. The maximum atomic E-state index is 12.9. The van der Waals surface area contributed by atoms with Gasteiger partial charge in [-0.25, -0.2) is 4.79 Å². The minimum Gasteiger partial charge on any atom is -0.497 e. The second kappa shape index (κ2) is 10.2. The molecule has 0 spiro atoms. The minimum absolute atomic E-state index is 0.131. The van der Waals surface area contributed by atoms with Gasteiger partial charge in [0.05, 0.1) is 7.11 Å². The van der Waals surface area contributed by atoms with Crippen molar-refractivity contribution in [1.29, 1.82) is 0 Å². The van der Waals surface area contributed by atoms with E-state index in [0.29, 0.717) is 15.8 Å². The highest BCUT2D eigenvalue weighted by molar-refractivity contribution is 7.18. The van der Waals surface area contributed by atoms with Crippen molar-refractivity contribution in [3.63, 3.8) is 0 Å². The summed E-state index contributed by atoms with van der Waals surface area (Å²) >= 11 is 1.26. The zero-order valence-electron chi connectivity index (χ0n) is 18.7. The van der Waals surface area contributed by atoms with Crippen LogP contribution in [0.5, 0.6) is 5.75 Å². The molecule has 1 heterocycles. The van der Waals surface area contributed by atoms with Gasteiger partial charge in [0.25, 0.3) is 0 Å². The fourth-order valence-electron chi connectivity index (χ4n) is 3.03. The molecule has 9 heteroatoms. The molecule has 0 radical (unpaired) electrons. The number of nitrogens with zero attached hydrogens (tertiary/aromatic N) is 2. The monoisotopic (exact) mass is 453 g/mol. The molecule has 0 saturated carbocycles. The SMILES string of the molecule is COc1ccc(-c2nnc(NC(=O)C(NC(=O)Nc3cccc(C)c3C)C(C)C)s2)cc1. The summed E-state index contributed by atoms with van der Waals surface area (Å²) in [5, 5.41) is 17.6. The van der Waals surface area contributed by atoms with Crippen molar-refractivity contribution in [3.05, 3.63) is 53.6 Å². The first-order valence-electron chi connectivity index (χ1n) is 10.2. The van der Waals surface area contributed by atoms with Crippen molar-refractivity contribution < 1.29 is 14.3 Å². The number of methoxy groups -OCH3 is 1. The number of hydrogen-bond donors (Lipinski definition) is 3. The average Bonchev–Trinajstić information content (AvgIpc) is 3.23. The predicted molar refractivity (Wildman–Crippen MR) is 127 cm³/mol. The summed E-state index contributed by atoms with van der Waals surface area (Å²) in [6.45, 7) is 7.65. The van der Waals surface area contributed by atoms with Gasteiger partial charge in [-0.05, 0) is 61.2 Å². The zero-order chi connectivity index (χ0) is 23.3. The highest BCUT2D eigenvalue weighted by atomic mass is 32.1. The molecule has 1 unspecified atom stereocenters. The van der Waals surface area contributed by atoms with E-state index in [1.807, 2.05) is 70.2 Å². The molecule has 2 aromatic carbocycles. The van der Waals surface area contributed by atoms with Gasteiger partial charge in [-0.1, -0.05) is 37.3 Å². The van der Waals surface area contributed by atoms with Crippen molar-refractivity contribution in [3.8, 4) is 16.3 Å². The smallest absolute Gasteiger partial charge is 0.319 e. The number of aryl methyl sites for hydroxylation is 1. The first-order chi connectivity index (χ1) is 15.3. The van der Waals surface area contributed by atoms with Crippen LogP contribution in [0.25, 0.3) is 10.6 Å². The highest BCUT2D eigenvalue weighted by Crippen LogP contribution is 2.28. The quantitative estimate of drug-likeness (QED) is 0.484. The van der Waals surface area contributed by atoms with Crippen LogP contribution in [0.2, 0.25) is 0 Å². The lowest BCUT2D eigenvalue weighted by atomic mass is 10.0. The molecule has 3 aromatic rings. The van der Waals surface area contributed by atoms with Crippen LogP contribution in [0.15, 0.2) is 42.5 Å². The summed E-state index contributed by atoms with van der Waals surface area (Å²) < 4.78 is 5.16. The molecule has 3 rings (SSSR count). The number of ether oxygens (including phenoxy) is 1. The largest absolute Gasteiger partial charge is 0.497 e. The third-order valence-electron chi connectivity index (χ3n) is 5.08. The number of nitrogens with one attached hydrogen (secondary N) is 3. The van der Waals surface area contributed by atoms with Crippen molar-refractivity contribution in [2.24, 2.45) is 5.92 Å². The first-order valence-corrected chi connectivity index (χ1v) is 11.0. The Hall–Kier alpha value is -3.46. The molecule has 168 valence electrons. The van der Waals surface area contributed by atoms with E-state index in [1.54, 1.807) is 7.11 Å². The second-order valence-corrected chi connectivity index (χ2v) is 8.68. The van der Waals surface area contributed by atoms with Crippen molar-refractivity contribution >= 4 is 34.1 Å². The number of aromatic nitrogens is 2. The first kappa shape index (κ1) is 23.2. The number of carbonyl (C=O) groups excluding carboxylic acids is 2. The lowest BCUT2D eigenvalue weighted by molar-refractivity contribution is -0.118. The summed E-state index contributed by atoms with van der Waals surface area (Å²) in [6.07, 6.45) is 0. The summed E-state index contributed by atoms with van der Waals surface area (Å²) in [5.74, 6) is 0.263. The standard InChI is InChI=1S/C23H27N5O3S/c1-13(2)19(25-22(30)24-18-8-6-7-14(3)15(18)4)20(29)26-23-28-27-21(32-23)16-9-11-17(31-5)12-10-16/h6-13,19H,1-5H3,(H2,24,25,30)(H,26,28,29). The molecular formula is C23H27N5O3S. The number of amides is 3. The second-order valence-electron chi connectivity index (χ2n) is 7.70. The fraction of sp³-hybridized carbons (Fsp3) is 0.304. The van der Waals surface area contributed by atoms with Crippen molar-refractivity contribution in [1.82, 2.24) is 15.5 Å². The highest BCUT2D eigenvalue weighted by Gasteiger charge is 2.25. The van der Waals surface area contributed by atoms with E-state index in [2.05, 4.69) is 26.1 Å². The number of rotatable bonds is 7. The molecule has 1 atom stereocenters. The van der Waals surface area contributed by atoms with Gasteiger partial charge >= 0.3 is 6.03 Å². The molecule has 0 aliphatic carbocycles. The van der Waals surface area contributed by atoms with Gasteiger partial charge < -0.3 is 15.4 Å². The molecule has 1 aromatic heterocycles. The Bertz CT molecular complexity index is 1100. The summed E-state index contributed by atoms with van der Waals surface area (Å²) in [6, 6.07) is 11.9. The van der Waals surface area contributed by atoms with E-state index in [1.165, 1.54) is 11.3 Å². The molecule has 0 fully saturated rings. The van der Waals surface area contributed by atoms with Crippen LogP contribution >= 0.6 is 11.3 Å². The molecule has 3 amide bonds. The van der Waals surface area contributed by atoms with Gasteiger partial charge in [-0.2, -0.15) is 0 Å². The normalized spacial score (nSPS) is 11.7. The number of carbonyl (C=O) groups is 2. The minimum atomic E-state index is -0.742. The van der Waals surface area contributed by atoms with Gasteiger partial charge in [-0.15, -0.1) is 10.2 Å². The van der Waals surface area contributed by atoms with Crippen LogP contribution in [-0.4, -0.2) is 35.3 Å². The number of benzene rings is 2. The van der Waals surface area contributed by atoms with Gasteiger partial charge in [-0.3, -0.25) is 10.1 Å². The fourth-order valence-corrected chi connectivity index (χ4v) is 3.78. The van der Waals surface area contributed by atoms with Crippen LogP contribution in [0.4, 0.5) is 15.6 Å². The van der Waals surface area contributed by atoms with E-state index in [0.717, 1.165) is 22.4 Å². The van der Waals surface area contributed by atoms with E-state index >= 15 is 0 Å². The van der Waals surface area contributed by atoms with Crippen LogP contribution < -0.4 is 20.7 Å². The van der Waals surface area contributed by atoms with Crippen LogP contribution in [-0.2, 0) is 4.79 Å². The number of urea groups is 1. The van der Waals surface area contributed by atoms with E-state index in [4.69, 9.17) is 4.74 Å². The molecule has 32 heavy (non-hydrogen) atoms. The Morgan fingerprint density at radius 2 is 1.72 bits per heavy atom. The molecule has 0 aliphatic heterocycles. The summed E-state index contributed by atoms with van der Waals surface area (Å²) in [4.78, 5) is 25.4. The lowest BCUT2D eigenvalue weighted by Gasteiger charge is -2.21. The zero-order valence-corrected chi connectivity index (χ0v) is 19.5. The third kappa shape index (κ3) is 5.61. The van der Waals surface area contributed by atoms with Crippen LogP contribution in [0, 0.1) is 19.8 Å². The Labute approximate surface area is 191 Å². The van der Waals surface area contributed by atoms with Crippen molar-refractivity contribution in [2.45, 2.75) is 33.7 Å². The number of hydrogen-bond acceptors (Lipinski definition) is 6. The molecule has 0 bridgehead atoms. The Balaban J connectivity index is 1.65. The summed E-state index contributed by atoms with van der Waals surface area (Å²) in [5.41, 5.74) is 3.63. The molecule has 8 nitrogen and oxygen atoms in total. The third-order valence-corrected chi connectivity index (χ3v) is 5.97. The average molecular weight is 454 g/mol. The Morgan fingerprint density at radius 3 is 2.38 bits per heavy atom. The van der Waals surface area contributed by atoms with Crippen LogP contribution in [0.1, 0.15) is 25.0 Å². The maximum Gasteiger partial charge on any atom is 0.319 e. The van der Waals surface area contributed by atoms with Gasteiger partial charge in [0.1, 0.15) is 16.8 Å². The molecular weight excluding hydrogens is 426 g/mol. The topological polar surface area (TPSA) is 105 Å². The Morgan fingerprint density at radius 1 is 1.00 bits per heavy atom. The van der Waals surface area contributed by atoms with Gasteiger partial charge in [0.15, 0.2) is 0 Å². The van der Waals surface area contributed by atoms with Gasteiger partial charge in [0.2, 0.25) is 11.0 Å². The van der Waals surface area contributed by atoms with E-state index in [9.17, 15) is 9.59 Å². The molecule has 0 saturated heterocycles. The van der Waals surface area contributed by atoms with Crippen molar-refractivity contribution in [2.75, 3.05) is 17.7 Å². The Kier molecular flexibility index (Phi) is 7.42. The van der Waals surface area contributed by atoms with Gasteiger partial charge in [0, 0.05) is 11.3 Å². The molecule has 3 N–H and O–H groups in total. The maximum absolute atomic E-state index is 12.9. The predicted octanol–water partition coefficient (Wildman–Crippen LogP) is 4.62. The lowest BCUT2D eigenvalue weighted by Crippen LogP contribution is -2.48. The number of anilines is 2. The molecule has 0 aliphatic rings. The van der Waals surface area contributed by atoms with E-state index < -0.39 is 12.1 Å². The van der Waals surface area contributed by atoms with Crippen LogP contribution in [0.3, 0.4) is 0 Å². The van der Waals surface area contributed by atoms with E-state index in [-0.39, 0.29) is 11.8 Å².